The Bertz CT molecular complexity index is 658. The second-order valence-electron chi connectivity index (χ2n) is 6.66. The van der Waals surface area contributed by atoms with Gasteiger partial charge in [-0.2, -0.15) is 0 Å². The topological polar surface area (TPSA) is 66.5 Å². The summed E-state index contributed by atoms with van der Waals surface area (Å²) in [4.78, 5) is 14.4. The summed E-state index contributed by atoms with van der Waals surface area (Å²) < 4.78 is 27.6. The van der Waals surface area contributed by atoms with Crippen molar-refractivity contribution in [2.24, 2.45) is 5.92 Å². The van der Waals surface area contributed by atoms with Gasteiger partial charge in [-0.05, 0) is 44.7 Å². The molecule has 126 valence electrons. The lowest BCUT2D eigenvalue weighted by Gasteiger charge is -2.36. The summed E-state index contributed by atoms with van der Waals surface area (Å²) in [5.41, 5.74) is 1.03. The minimum Gasteiger partial charge on any atom is -0.342 e. The van der Waals surface area contributed by atoms with Crippen molar-refractivity contribution in [1.29, 1.82) is 0 Å². The molecule has 6 heteroatoms. The van der Waals surface area contributed by atoms with Crippen LogP contribution in [0.1, 0.15) is 37.7 Å². The smallest absolute Gasteiger partial charge is 0.240 e. The van der Waals surface area contributed by atoms with E-state index >= 15 is 0 Å². The molecule has 1 saturated heterocycles. The molecule has 1 amide bonds. The van der Waals surface area contributed by atoms with E-state index < -0.39 is 10.0 Å². The molecule has 0 radical (unpaired) electrons. The molecule has 1 heterocycles. The number of aryl methyl sites for hydroxylation is 1. The van der Waals surface area contributed by atoms with Gasteiger partial charge in [-0.25, -0.2) is 13.1 Å². The third-order valence-corrected chi connectivity index (χ3v) is 6.45. The summed E-state index contributed by atoms with van der Waals surface area (Å²) in [5.74, 6) is 0.479. The highest BCUT2D eigenvalue weighted by Crippen LogP contribution is 2.29. The molecule has 5 nitrogen and oxygen atoms in total. The molecule has 1 aromatic carbocycles. The fraction of sp³-hybridized carbons (Fsp3) is 0.588. The lowest BCUT2D eigenvalue weighted by molar-refractivity contribution is -0.139. The maximum absolute atomic E-state index is 12.4. The number of hydrogen-bond acceptors (Lipinski definition) is 3. The van der Waals surface area contributed by atoms with Crippen LogP contribution < -0.4 is 4.72 Å². The van der Waals surface area contributed by atoms with Crippen molar-refractivity contribution in [2.75, 3.05) is 13.1 Å². The van der Waals surface area contributed by atoms with E-state index in [9.17, 15) is 13.2 Å². The number of sulfonamides is 1. The molecule has 1 N–H and O–H groups in total. The quantitative estimate of drug-likeness (QED) is 0.915. The van der Waals surface area contributed by atoms with Crippen LogP contribution in [0.4, 0.5) is 0 Å². The molecule has 1 aliphatic heterocycles. The van der Waals surface area contributed by atoms with E-state index in [2.05, 4.69) is 4.72 Å². The Morgan fingerprint density at radius 1 is 1.09 bits per heavy atom. The second-order valence-corrected chi connectivity index (χ2v) is 8.38. The molecule has 0 spiro atoms. The van der Waals surface area contributed by atoms with Gasteiger partial charge >= 0.3 is 0 Å². The first kappa shape index (κ1) is 16.5. The van der Waals surface area contributed by atoms with Gasteiger partial charge in [-0.1, -0.05) is 24.1 Å². The first-order valence-electron chi connectivity index (χ1n) is 8.33. The number of hydrogen-bond donors (Lipinski definition) is 1. The zero-order valence-corrected chi connectivity index (χ0v) is 14.3. The molecule has 0 bridgehead atoms. The van der Waals surface area contributed by atoms with Crippen molar-refractivity contribution in [2.45, 2.75) is 50.0 Å². The van der Waals surface area contributed by atoms with Crippen molar-refractivity contribution >= 4 is 15.9 Å². The molecule has 1 saturated carbocycles. The van der Waals surface area contributed by atoms with Gasteiger partial charge in [-0.15, -0.1) is 0 Å². The number of carbonyl (C=O) groups is 1. The Labute approximate surface area is 138 Å². The molecule has 2 aliphatic rings. The van der Waals surface area contributed by atoms with Gasteiger partial charge in [0.1, 0.15) is 0 Å². The van der Waals surface area contributed by atoms with E-state index in [4.69, 9.17) is 0 Å². The van der Waals surface area contributed by atoms with E-state index in [1.54, 1.807) is 24.3 Å². The monoisotopic (exact) mass is 336 g/mol. The fourth-order valence-electron chi connectivity index (χ4n) is 3.14. The van der Waals surface area contributed by atoms with Gasteiger partial charge in [-0.3, -0.25) is 4.79 Å². The van der Waals surface area contributed by atoms with Crippen molar-refractivity contribution in [3.8, 4) is 0 Å². The highest BCUT2D eigenvalue weighted by molar-refractivity contribution is 7.89. The predicted octanol–water partition coefficient (Wildman–Crippen LogP) is 2.06. The lowest BCUT2D eigenvalue weighted by atomic mass is 9.84. The third kappa shape index (κ3) is 3.75. The zero-order valence-electron chi connectivity index (χ0n) is 13.5. The summed E-state index contributed by atoms with van der Waals surface area (Å²) in [7, 11) is -3.48. The number of rotatable bonds is 4. The van der Waals surface area contributed by atoms with E-state index in [1.807, 2.05) is 11.8 Å². The van der Waals surface area contributed by atoms with Gasteiger partial charge in [0, 0.05) is 25.0 Å². The molecule has 23 heavy (non-hydrogen) atoms. The molecular formula is C17H24N2O3S. The van der Waals surface area contributed by atoms with Gasteiger partial charge < -0.3 is 4.90 Å². The Balaban J connectivity index is 1.55. The van der Waals surface area contributed by atoms with Crippen LogP contribution in [0.25, 0.3) is 0 Å². The van der Waals surface area contributed by atoms with Crippen molar-refractivity contribution < 1.29 is 13.2 Å². The Morgan fingerprint density at radius 2 is 1.70 bits per heavy atom. The second kappa shape index (κ2) is 6.61. The highest BCUT2D eigenvalue weighted by atomic mass is 32.2. The van der Waals surface area contributed by atoms with Crippen LogP contribution >= 0.6 is 0 Å². The fourth-order valence-corrected chi connectivity index (χ4v) is 4.44. The number of likely N-dealkylation sites (tertiary alicyclic amines) is 1. The molecule has 1 aromatic rings. The maximum atomic E-state index is 12.4. The van der Waals surface area contributed by atoms with Crippen molar-refractivity contribution in [3.05, 3.63) is 29.8 Å². The third-order valence-electron chi connectivity index (χ3n) is 4.91. The summed E-state index contributed by atoms with van der Waals surface area (Å²) in [6.45, 7) is 3.23. The minimum absolute atomic E-state index is 0.0910. The zero-order chi connectivity index (χ0) is 16.4. The SMILES string of the molecule is Cc1ccc(S(=O)(=O)NC2CCN(C(=O)C3CCC3)CC2)cc1. The first-order chi connectivity index (χ1) is 11.0. The number of amides is 1. The average molecular weight is 336 g/mol. The largest absolute Gasteiger partial charge is 0.342 e. The molecule has 3 rings (SSSR count). The number of nitrogens with one attached hydrogen (secondary N) is 1. The molecule has 0 aromatic heterocycles. The first-order valence-corrected chi connectivity index (χ1v) is 9.82. The number of benzene rings is 1. The van der Waals surface area contributed by atoms with Gasteiger partial charge in [0.15, 0.2) is 0 Å². The Morgan fingerprint density at radius 3 is 2.22 bits per heavy atom. The number of piperidine rings is 1. The van der Waals surface area contributed by atoms with E-state index in [1.165, 1.54) is 0 Å². The van der Waals surface area contributed by atoms with Crippen LogP contribution in [0, 0.1) is 12.8 Å². The Kier molecular flexibility index (Phi) is 4.73. The number of carbonyl (C=O) groups excluding carboxylic acids is 1. The Hall–Kier alpha value is -1.40. The number of nitrogens with zero attached hydrogens (tertiary/aromatic N) is 1. The van der Waals surface area contributed by atoms with Crippen LogP contribution in [-0.2, 0) is 14.8 Å². The van der Waals surface area contributed by atoms with Crippen LogP contribution in [-0.4, -0.2) is 38.4 Å². The van der Waals surface area contributed by atoms with E-state index in [0.29, 0.717) is 30.8 Å². The molecule has 1 aliphatic carbocycles. The van der Waals surface area contributed by atoms with Crippen molar-refractivity contribution in [3.63, 3.8) is 0 Å². The highest BCUT2D eigenvalue weighted by Gasteiger charge is 2.32. The van der Waals surface area contributed by atoms with Crippen LogP contribution in [0.3, 0.4) is 0 Å². The predicted molar refractivity (Wildman–Crippen MR) is 88.4 cm³/mol. The summed E-state index contributed by atoms with van der Waals surface area (Å²) in [5, 5.41) is 0. The molecule has 0 atom stereocenters. The summed E-state index contributed by atoms with van der Waals surface area (Å²) in [6.07, 6.45) is 4.55. The minimum atomic E-state index is -3.48. The molecule has 0 unspecified atom stereocenters. The molecule has 2 fully saturated rings. The van der Waals surface area contributed by atoms with E-state index in [-0.39, 0.29) is 17.9 Å². The average Bonchev–Trinajstić information content (AvgIpc) is 2.46. The normalized spacial score (nSPS) is 20.3. The molecular weight excluding hydrogens is 312 g/mol. The maximum Gasteiger partial charge on any atom is 0.240 e. The summed E-state index contributed by atoms with van der Waals surface area (Å²) >= 11 is 0. The van der Waals surface area contributed by atoms with Crippen LogP contribution in [0.15, 0.2) is 29.2 Å². The van der Waals surface area contributed by atoms with Crippen LogP contribution in [0.2, 0.25) is 0 Å². The van der Waals surface area contributed by atoms with Gasteiger partial charge in [0.25, 0.3) is 0 Å². The van der Waals surface area contributed by atoms with Gasteiger partial charge in [0.05, 0.1) is 4.90 Å². The van der Waals surface area contributed by atoms with Crippen LogP contribution in [0.5, 0.6) is 0 Å². The van der Waals surface area contributed by atoms with Gasteiger partial charge in [0.2, 0.25) is 15.9 Å². The summed E-state index contributed by atoms with van der Waals surface area (Å²) in [6, 6.07) is 6.77. The lowest BCUT2D eigenvalue weighted by Crippen LogP contribution is -2.48. The standard InChI is InChI=1S/C17H24N2O3S/c1-13-5-7-16(8-6-13)23(21,22)18-15-9-11-19(12-10-15)17(20)14-3-2-4-14/h5-8,14-15,18H,2-4,9-12H2,1H3. The van der Waals surface area contributed by atoms with Crippen molar-refractivity contribution in [1.82, 2.24) is 9.62 Å². The van der Waals surface area contributed by atoms with E-state index in [0.717, 1.165) is 24.8 Å².